The Morgan fingerprint density at radius 1 is 1.21 bits per heavy atom. The molecule has 14 heavy (non-hydrogen) atoms. The van der Waals surface area contributed by atoms with Gasteiger partial charge in [-0.1, -0.05) is 31.5 Å². The summed E-state index contributed by atoms with van der Waals surface area (Å²) in [4.78, 5) is 0. The summed E-state index contributed by atoms with van der Waals surface area (Å²) in [5.74, 6) is 0.983. The van der Waals surface area contributed by atoms with Crippen molar-refractivity contribution in [2.75, 3.05) is 6.61 Å². The topological polar surface area (TPSA) is 9.23 Å². The minimum atomic E-state index is 0.827. The molecule has 0 amide bonds. The van der Waals surface area contributed by atoms with E-state index in [0.717, 1.165) is 31.2 Å². The van der Waals surface area contributed by atoms with Gasteiger partial charge in [-0.25, -0.2) is 0 Å². The Kier molecular flexibility index (Phi) is 5.38. The van der Waals surface area contributed by atoms with Crippen LogP contribution in [0.4, 0.5) is 0 Å². The van der Waals surface area contributed by atoms with Crippen LogP contribution in [-0.2, 0) is 6.42 Å². The fraction of sp³-hybridized carbons (Fsp3) is 0.500. The second-order valence-corrected chi connectivity index (χ2v) is 3.85. The Bertz CT molecular complexity index is 243. The van der Waals surface area contributed by atoms with Crippen molar-refractivity contribution in [3.8, 4) is 5.75 Å². The average molecular weight is 205 g/mol. The van der Waals surface area contributed by atoms with Crippen molar-refractivity contribution in [3.63, 3.8) is 0 Å². The molecule has 1 rings (SSSR count). The molecular weight excluding hydrogens is 188 g/mol. The Hall–Kier alpha value is -0.763. The second-order valence-electron chi connectivity index (χ2n) is 3.35. The Balaban J connectivity index is 2.38. The standard InChI is InChI=1S/C12H17OSi/c1-2-3-9-13-12-6-4-11(5-7-12)8-10-14/h4-7H,2-3,8-10H2,1H3. The summed E-state index contributed by atoms with van der Waals surface area (Å²) in [5.41, 5.74) is 1.35. The first-order chi connectivity index (χ1) is 6.86. The maximum atomic E-state index is 5.57. The molecule has 0 saturated heterocycles. The van der Waals surface area contributed by atoms with E-state index >= 15 is 0 Å². The molecule has 1 aromatic rings. The van der Waals surface area contributed by atoms with Crippen molar-refractivity contribution in [1.82, 2.24) is 0 Å². The number of rotatable bonds is 6. The van der Waals surface area contributed by atoms with Crippen LogP contribution in [0.5, 0.6) is 5.75 Å². The normalized spacial score (nSPS) is 10.1. The number of benzene rings is 1. The minimum Gasteiger partial charge on any atom is -0.494 e. The maximum absolute atomic E-state index is 5.57. The zero-order chi connectivity index (χ0) is 10.2. The lowest BCUT2D eigenvalue weighted by Crippen LogP contribution is -1.96. The predicted molar refractivity (Wildman–Crippen MR) is 61.1 cm³/mol. The maximum Gasteiger partial charge on any atom is 0.119 e. The predicted octanol–water partition coefficient (Wildman–Crippen LogP) is 2.99. The molecule has 3 radical (unpaired) electrons. The van der Waals surface area contributed by atoms with Gasteiger partial charge in [0.25, 0.3) is 0 Å². The van der Waals surface area contributed by atoms with E-state index in [1.807, 2.05) is 12.1 Å². The summed E-state index contributed by atoms with van der Waals surface area (Å²) in [6.07, 6.45) is 3.39. The molecule has 1 nitrogen and oxygen atoms in total. The highest BCUT2D eigenvalue weighted by atomic mass is 28.1. The van der Waals surface area contributed by atoms with E-state index in [2.05, 4.69) is 29.3 Å². The Labute approximate surface area is 89.9 Å². The van der Waals surface area contributed by atoms with Crippen molar-refractivity contribution in [2.24, 2.45) is 0 Å². The van der Waals surface area contributed by atoms with Crippen LogP contribution in [0, 0.1) is 0 Å². The van der Waals surface area contributed by atoms with Crippen LogP contribution in [0.2, 0.25) is 6.04 Å². The van der Waals surface area contributed by atoms with Gasteiger partial charge in [0.05, 0.1) is 6.61 Å². The third-order valence-electron chi connectivity index (χ3n) is 2.10. The molecule has 0 fully saturated rings. The molecular formula is C12H17OSi. The largest absolute Gasteiger partial charge is 0.494 e. The summed E-state index contributed by atoms with van der Waals surface area (Å²) in [6, 6.07) is 9.36. The van der Waals surface area contributed by atoms with Crippen LogP contribution in [-0.4, -0.2) is 16.8 Å². The van der Waals surface area contributed by atoms with E-state index in [-0.39, 0.29) is 0 Å². The van der Waals surface area contributed by atoms with E-state index in [0.29, 0.717) is 0 Å². The van der Waals surface area contributed by atoms with Crippen LogP contribution < -0.4 is 4.74 Å². The van der Waals surface area contributed by atoms with Crippen molar-refractivity contribution < 1.29 is 4.74 Å². The zero-order valence-electron chi connectivity index (χ0n) is 8.75. The van der Waals surface area contributed by atoms with Gasteiger partial charge >= 0.3 is 0 Å². The summed E-state index contributed by atoms with van der Waals surface area (Å²) in [7, 11) is 3.47. The molecule has 0 aromatic heterocycles. The molecule has 0 bridgehead atoms. The minimum absolute atomic E-state index is 0.827. The van der Waals surface area contributed by atoms with E-state index in [4.69, 9.17) is 4.74 Å². The fourth-order valence-electron chi connectivity index (χ4n) is 1.23. The molecule has 0 saturated carbocycles. The van der Waals surface area contributed by atoms with Crippen LogP contribution in [0.1, 0.15) is 25.3 Å². The molecule has 0 unspecified atom stereocenters. The third kappa shape index (κ3) is 3.96. The van der Waals surface area contributed by atoms with Gasteiger partial charge in [0.1, 0.15) is 5.75 Å². The Morgan fingerprint density at radius 2 is 1.93 bits per heavy atom. The van der Waals surface area contributed by atoms with Gasteiger partial charge in [0.2, 0.25) is 0 Å². The van der Waals surface area contributed by atoms with Crippen molar-refractivity contribution in [3.05, 3.63) is 29.8 Å². The molecule has 0 N–H and O–H groups in total. The highest BCUT2D eigenvalue weighted by Gasteiger charge is 1.94. The lowest BCUT2D eigenvalue weighted by Gasteiger charge is -2.05. The first kappa shape index (κ1) is 11.3. The van der Waals surface area contributed by atoms with Crippen LogP contribution >= 0.6 is 0 Å². The van der Waals surface area contributed by atoms with E-state index < -0.39 is 0 Å². The number of ether oxygens (including phenoxy) is 1. The summed E-state index contributed by atoms with van der Waals surface area (Å²) in [5, 5.41) is 0. The van der Waals surface area contributed by atoms with Crippen molar-refractivity contribution in [2.45, 2.75) is 32.2 Å². The summed E-state index contributed by atoms with van der Waals surface area (Å²) in [6.45, 7) is 3.00. The second kappa shape index (κ2) is 6.66. The number of hydrogen-bond acceptors (Lipinski definition) is 1. The average Bonchev–Trinajstić information content (AvgIpc) is 2.21. The number of unbranched alkanes of at least 4 members (excludes halogenated alkanes) is 1. The SMILES string of the molecule is CCCCOc1ccc(CC[Si])cc1. The molecule has 1 aromatic carbocycles. The van der Waals surface area contributed by atoms with E-state index in [1.165, 1.54) is 12.0 Å². The molecule has 0 heterocycles. The molecule has 0 aliphatic rings. The number of aryl methyl sites for hydroxylation is 1. The fourth-order valence-corrected chi connectivity index (χ4v) is 1.52. The van der Waals surface area contributed by atoms with Crippen molar-refractivity contribution in [1.29, 1.82) is 0 Å². The van der Waals surface area contributed by atoms with Gasteiger partial charge in [0, 0.05) is 10.2 Å². The van der Waals surface area contributed by atoms with Crippen LogP contribution in [0.3, 0.4) is 0 Å². The summed E-state index contributed by atoms with van der Waals surface area (Å²) < 4.78 is 5.57. The number of hydrogen-bond donors (Lipinski definition) is 0. The lowest BCUT2D eigenvalue weighted by atomic mass is 10.2. The monoisotopic (exact) mass is 205 g/mol. The van der Waals surface area contributed by atoms with Gasteiger partial charge < -0.3 is 4.74 Å². The first-order valence-corrected chi connectivity index (χ1v) is 5.94. The molecule has 0 aliphatic heterocycles. The quantitative estimate of drug-likeness (QED) is 0.512. The molecule has 0 spiro atoms. The molecule has 0 aliphatic carbocycles. The highest BCUT2D eigenvalue weighted by Crippen LogP contribution is 2.13. The van der Waals surface area contributed by atoms with Gasteiger partial charge in [-0.2, -0.15) is 0 Å². The smallest absolute Gasteiger partial charge is 0.119 e. The van der Waals surface area contributed by atoms with Gasteiger partial charge in [-0.05, 0) is 30.5 Å². The highest BCUT2D eigenvalue weighted by molar-refractivity contribution is 6.08. The molecule has 0 atom stereocenters. The van der Waals surface area contributed by atoms with Gasteiger partial charge in [-0.3, -0.25) is 0 Å². The van der Waals surface area contributed by atoms with E-state index in [1.54, 1.807) is 0 Å². The van der Waals surface area contributed by atoms with Crippen LogP contribution in [0.15, 0.2) is 24.3 Å². The van der Waals surface area contributed by atoms with Crippen molar-refractivity contribution >= 4 is 10.2 Å². The van der Waals surface area contributed by atoms with Gasteiger partial charge in [-0.15, -0.1) is 0 Å². The molecule has 2 heteroatoms. The van der Waals surface area contributed by atoms with Gasteiger partial charge in [0.15, 0.2) is 0 Å². The molecule has 75 valence electrons. The Morgan fingerprint density at radius 3 is 2.50 bits per heavy atom. The lowest BCUT2D eigenvalue weighted by molar-refractivity contribution is 0.309. The summed E-state index contributed by atoms with van der Waals surface area (Å²) >= 11 is 0. The van der Waals surface area contributed by atoms with E-state index in [9.17, 15) is 0 Å². The third-order valence-corrected chi connectivity index (χ3v) is 2.35. The van der Waals surface area contributed by atoms with Crippen LogP contribution in [0.25, 0.3) is 0 Å². The first-order valence-electron chi connectivity index (χ1n) is 5.23. The zero-order valence-corrected chi connectivity index (χ0v) is 9.75.